The van der Waals surface area contributed by atoms with Crippen LogP contribution in [0.4, 0.5) is 0 Å². The fourth-order valence-corrected chi connectivity index (χ4v) is 5.44. The minimum atomic E-state index is -0.357. The van der Waals surface area contributed by atoms with E-state index in [-0.39, 0.29) is 40.0 Å². The Bertz CT molecular complexity index is 524. The molecule has 3 rings (SSSR count). The number of likely N-dealkylation sites (tertiary alicyclic amines) is 1. The standard InChI is InChI=1S/C16H20INO3/c1-9(10-6-4-3-5-7-10)18-14(16(20)21-2)11-8-12(19)15(18)13(11)17/h3-7,9,11-15,19H,8H2,1-2H3/t9-,11?,12-,13?,14+,15?/m1/s1. The number of benzene rings is 1. The predicted octanol–water partition coefficient (Wildman–Crippen LogP) is 2.16. The number of rotatable bonds is 3. The average molecular weight is 401 g/mol. The van der Waals surface area contributed by atoms with E-state index in [0.717, 1.165) is 5.56 Å². The molecule has 6 atom stereocenters. The van der Waals surface area contributed by atoms with E-state index in [0.29, 0.717) is 6.42 Å². The zero-order valence-electron chi connectivity index (χ0n) is 12.1. The molecule has 1 heterocycles. The first kappa shape index (κ1) is 15.2. The van der Waals surface area contributed by atoms with Crippen LogP contribution >= 0.6 is 22.6 Å². The molecule has 1 saturated carbocycles. The maximum Gasteiger partial charge on any atom is 0.323 e. The molecular formula is C16H20INO3. The van der Waals surface area contributed by atoms with Crippen LogP contribution in [-0.2, 0) is 9.53 Å². The van der Waals surface area contributed by atoms with Crippen LogP contribution in [0.5, 0.6) is 0 Å². The first-order valence-electron chi connectivity index (χ1n) is 7.28. The third-order valence-electron chi connectivity index (χ3n) is 4.89. The normalized spacial score (nSPS) is 36.7. The number of aliphatic hydroxyl groups excluding tert-OH is 1. The molecule has 1 saturated heterocycles. The molecule has 0 amide bonds. The topological polar surface area (TPSA) is 49.8 Å². The summed E-state index contributed by atoms with van der Waals surface area (Å²) in [6.07, 6.45) is 0.333. The highest BCUT2D eigenvalue weighted by atomic mass is 127. The molecule has 2 aliphatic rings. The summed E-state index contributed by atoms with van der Waals surface area (Å²) in [6.45, 7) is 2.10. The number of hydrogen-bond acceptors (Lipinski definition) is 4. The summed E-state index contributed by atoms with van der Waals surface area (Å²) in [6, 6.07) is 9.99. The SMILES string of the molecule is COC(=O)[C@@H]1C2C[C@@H](O)C(C2I)N1[C@H](C)c1ccccc1. The number of esters is 1. The maximum absolute atomic E-state index is 12.3. The summed E-state index contributed by atoms with van der Waals surface area (Å²) in [5, 5.41) is 10.3. The van der Waals surface area contributed by atoms with Crippen molar-refractivity contribution in [2.75, 3.05) is 7.11 Å². The van der Waals surface area contributed by atoms with Crippen LogP contribution < -0.4 is 0 Å². The zero-order valence-corrected chi connectivity index (χ0v) is 14.3. The van der Waals surface area contributed by atoms with Gasteiger partial charge in [0.25, 0.3) is 0 Å². The minimum absolute atomic E-state index is 0.0231. The zero-order chi connectivity index (χ0) is 15.1. The van der Waals surface area contributed by atoms with Gasteiger partial charge in [-0.05, 0) is 18.9 Å². The fraction of sp³-hybridized carbons (Fsp3) is 0.562. The summed E-state index contributed by atoms with van der Waals surface area (Å²) >= 11 is 2.39. The van der Waals surface area contributed by atoms with Gasteiger partial charge in [0.2, 0.25) is 0 Å². The lowest BCUT2D eigenvalue weighted by Crippen LogP contribution is -2.52. The molecule has 2 fully saturated rings. The number of halogens is 1. The lowest BCUT2D eigenvalue weighted by Gasteiger charge is -2.40. The number of carbonyl (C=O) groups is 1. The summed E-state index contributed by atoms with van der Waals surface area (Å²) in [7, 11) is 1.44. The molecule has 4 nitrogen and oxygen atoms in total. The Hall–Kier alpha value is -0.660. The summed E-state index contributed by atoms with van der Waals surface area (Å²) in [5.74, 6) is -0.0111. The van der Waals surface area contributed by atoms with Gasteiger partial charge in [0.1, 0.15) is 6.04 Å². The van der Waals surface area contributed by atoms with Crippen molar-refractivity contribution in [3.8, 4) is 0 Å². The second-order valence-electron chi connectivity index (χ2n) is 5.90. The predicted molar refractivity (Wildman–Crippen MR) is 88.2 cm³/mol. The van der Waals surface area contributed by atoms with Gasteiger partial charge in [0.05, 0.1) is 13.2 Å². The molecule has 1 aromatic carbocycles. The Balaban J connectivity index is 1.95. The van der Waals surface area contributed by atoms with Gasteiger partial charge in [-0.2, -0.15) is 0 Å². The first-order valence-corrected chi connectivity index (χ1v) is 8.53. The second kappa shape index (κ2) is 5.85. The third-order valence-corrected chi connectivity index (χ3v) is 6.55. The van der Waals surface area contributed by atoms with Crippen molar-refractivity contribution in [1.82, 2.24) is 4.90 Å². The van der Waals surface area contributed by atoms with Gasteiger partial charge in [0, 0.05) is 21.9 Å². The molecule has 3 unspecified atom stereocenters. The largest absolute Gasteiger partial charge is 0.468 e. The summed E-state index contributed by atoms with van der Waals surface area (Å²) in [5.41, 5.74) is 1.16. The monoisotopic (exact) mass is 401 g/mol. The third kappa shape index (κ3) is 2.39. The van der Waals surface area contributed by atoms with E-state index in [9.17, 15) is 9.90 Å². The van der Waals surface area contributed by atoms with Gasteiger partial charge in [-0.25, -0.2) is 0 Å². The number of carbonyl (C=O) groups excluding carboxylic acids is 1. The Morgan fingerprint density at radius 1 is 1.43 bits per heavy atom. The highest BCUT2D eigenvalue weighted by Gasteiger charge is 2.60. The van der Waals surface area contributed by atoms with E-state index >= 15 is 0 Å². The molecule has 21 heavy (non-hydrogen) atoms. The van der Waals surface area contributed by atoms with Gasteiger partial charge in [0.15, 0.2) is 0 Å². The van der Waals surface area contributed by atoms with Crippen molar-refractivity contribution in [3.63, 3.8) is 0 Å². The number of fused-ring (bicyclic) bond motifs is 2. The summed E-state index contributed by atoms with van der Waals surface area (Å²) in [4.78, 5) is 14.4. The van der Waals surface area contributed by atoms with E-state index in [1.807, 2.05) is 18.2 Å². The number of ether oxygens (including phenoxy) is 1. The molecule has 1 aromatic rings. The molecule has 0 spiro atoms. The molecule has 1 N–H and O–H groups in total. The molecular weight excluding hydrogens is 381 g/mol. The van der Waals surface area contributed by atoms with Crippen molar-refractivity contribution < 1.29 is 14.6 Å². The molecule has 2 bridgehead atoms. The molecule has 0 aromatic heterocycles. The molecule has 1 aliphatic heterocycles. The van der Waals surface area contributed by atoms with Crippen LogP contribution in [-0.4, -0.2) is 45.2 Å². The Kier molecular flexibility index (Phi) is 4.25. The number of alkyl halides is 1. The van der Waals surface area contributed by atoms with Gasteiger partial charge < -0.3 is 9.84 Å². The van der Waals surface area contributed by atoms with E-state index in [4.69, 9.17) is 4.74 Å². The second-order valence-corrected chi connectivity index (χ2v) is 7.34. The van der Waals surface area contributed by atoms with Crippen LogP contribution in [0.1, 0.15) is 24.9 Å². The van der Waals surface area contributed by atoms with Crippen LogP contribution in [0.25, 0.3) is 0 Å². The lowest BCUT2D eigenvalue weighted by molar-refractivity contribution is -0.151. The first-order chi connectivity index (χ1) is 10.1. The minimum Gasteiger partial charge on any atom is -0.468 e. The van der Waals surface area contributed by atoms with Crippen LogP contribution in [0, 0.1) is 5.92 Å². The number of methoxy groups -OCH3 is 1. The number of nitrogens with zero attached hydrogens (tertiary/aromatic N) is 1. The Morgan fingerprint density at radius 2 is 2.10 bits per heavy atom. The van der Waals surface area contributed by atoms with Crippen molar-refractivity contribution in [1.29, 1.82) is 0 Å². The number of hydrogen-bond donors (Lipinski definition) is 1. The average Bonchev–Trinajstić information content (AvgIpc) is 2.95. The van der Waals surface area contributed by atoms with Gasteiger partial charge in [-0.15, -0.1) is 0 Å². The molecule has 114 valence electrons. The van der Waals surface area contributed by atoms with Gasteiger partial charge >= 0.3 is 5.97 Å². The fourth-order valence-electron chi connectivity index (χ4n) is 3.91. The van der Waals surface area contributed by atoms with Crippen LogP contribution in [0.2, 0.25) is 0 Å². The maximum atomic E-state index is 12.3. The van der Waals surface area contributed by atoms with E-state index < -0.39 is 0 Å². The van der Waals surface area contributed by atoms with Crippen molar-refractivity contribution >= 4 is 28.6 Å². The van der Waals surface area contributed by atoms with Crippen LogP contribution in [0.15, 0.2) is 30.3 Å². The summed E-state index contributed by atoms with van der Waals surface area (Å²) < 4.78 is 5.31. The quantitative estimate of drug-likeness (QED) is 0.479. The van der Waals surface area contributed by atoms with Crippen LogP contribution in [0.3, 0.4) is 0 Å². The Morgan fingerprint density at radius 3 is 2.71 bits per heavy atom. The molecule has 1 aliphatic carbocycles. The molecule has 5 heteroatoms. The lowest BCUT2D eigenvalue weighted by atomic mass is 9.94. The number of piperidine rings is 1. The van der Waals surface area contributed by atoms with Crippen molar-refractivity contribution in [2.24, 2.45) is 5.92 Å². The highest BCUT2D eigenvalue weighted by molar-refractivity contribution is 14.1. The van der Waals surface area contributed by atoms with E-state index in [2.05, 4.69) is 46.5 Å². The smallest absolute Gasteiger partial charge is 0.323 e. The Labute approximate surface area is 138 Å². The van der Waals surface area contributed by atoms with Gasteiger partial charge in [-0.1, -0.05) is 52.9 Å². The van der Waals surface area contributed by atoms with Crippen molar-refractivity contribution in [3.05, 3.63) is 35.9 Å². The van der Waals surface area contributed by atoms with E-state index in [1.165, 1.54) is 7.11 Å². The molecule has 0 radical (unpaired) electrons. The van der Waals surface area contributed by atoms with Crippen molar-refractivity contribution in [2.45, 2.75) is 41.5 Å². The van der Waals surface area contributed by atoms with E-state index in [1.54, 1.807) is 0 Å². The van der Waals surface area contributed by atoms with Gasteiger partial charge in [-0.3, -0.25) is 9.69 Å². The number of aliphatic hydroxyl groups is 1. The highest BCUT2D eigenvalue weighted by Crippen LogP contribution is 2.50.